The molecule has 0 radical (unpaired) electrons. The minimum Gasteiger partial charge on any atom is -0.497 e. The molecule has 2 unspecified atom stereocenters. The van der Waals surface area contributed by atoms with E-state index in [1.165, 1.54) is 18.9 Å². The molecule has 2 fully saturated rings. The number of quaternary nitrogens is 1. The number of hydrogen-bond acceptors (Lipinski definition) is 14. The number of rotatable bonds is 11. The van der Waals surface area contributed by atoms with Gasteiger partial charge in [0.15, 0.2) is 10.9 Å². The van der Waals surface area contributed by atoms with Crippen LogP contribution in [0.2, 0.25) is 0 Å². The molecule has 6 atom stereocenters. The molecule has 0 spiro atoms. The maximum absolute atomic E-state index is 13.6. The molecule has 14 nitrogen and oxygen atoms in total. The van der Waals surface area contributed by atoms with Crippen LogP contribution in [0.15, 0.2) is 52.7 Å². The van der Waals surface area contributed by atoms with Crippen LogP contribution in [0.4, 0.5) is 5.13 Å². The van der Waals surface area contributed by atoms with E-state index >= 15 is 0 Å². The van der Waals surface area contributed by atoms with Crippen molar-refractivity contribution >= 4 is 51.8 Å². The molecule has 1 aromatic carbocycles. The van der Waals surface area contributed by atoms with E-state index in [0.29, 0.717) is 41.2 Å². The third kappa shape index (κ3) is 7.04. The summed E-state index contributed by atoms with van der Waals surface area (Å²) in [6.45, 7) is 1.30. The molecule has 1 saturated heterocycles. The number of carbonyl (C=O) groups is 3. The highest BCUT2D eigenvalue weighted by Crippen LogP contribution is 2.46. The van der Waals surface area contributed by atoms with Gasteiger partial charge in [-0.05, 0) is 29.3 Å². The van der Waals surface area contributed by atoms with Crippen molar-refractivity contribution in [1.29, 1.82) is 0 Å². The third-order valence-electron chi connectivity index (χ3n) is 8.01. The van der Waals surface area contributed by atoms with Crippen LogP contribution in [-0.2, 0) is 30.6 Å². The number of aliphatic hydroxyl groups excluding tert-OH is 2. The van der Waals surface area contributed by atoms with Crippen LogP contribution in [0.25, 0.3) is 0 Å². The standard InChI is InChI=1S/C29H34N6O8S2/c1-35(11-18(36)19(37)12-35)10-4-5-16-14-44-25-21(20(16)28(40)43-13-15-6-8-17(41-2)9-7-15)24(38)22(25)31-27(39)23(33-42-3)26-32-29(30)45-34-26/h4-9,18-19,21-22,25,36-37H,10-14H2,1-3H3,(H2-,30,31,32,34,39)/p+1/b5-4+,33-23-/t18-,19+,21?,22-,25+,35?/m1/s1. The number of esters is 1. The number of oxime groups is 1. The van der Waals surface area contributed by atoms with Crippen LogP contribution >= 0.6 is 23.3 Å². The molecule has 1 amide bonds. The Kier molecular flexibility index (Phi) is 9.88. The number of carbonyl (C=O) groups excluding carboxylic acids is 3. The van der Waals surface area contributed by atoms with Crippen molar-refractivity contribution < 1.29 is 43.4 Å². The number of nitrogens with zero attached hydrogens (tertiary/aromatic N) is 4. The van der Waals surface area contributed by atoms with Gasteiger partial charge in [0, 0.05) is 22.5 Å². The molecule has 1 aromatic heterocycles. The Labute approximate surface area is 267 Å². The first-order valence-corrected chi connectivity index (χ1v) is 15.9. The summed E-state index contributed by atoms with van der Waals surface area (Å²) in [7, 11) is 4.77. The lowest BCUT2D eigenvalue weighted by Crippen LogP contribution is -2.66. The van der Waals surface area contributed by atoms with E-state index in [1.54, 1.807) is 31.4 Å². The molecule has 45 heavy (non-hydrogen) atoms. The fraction of sp³-hybridized carbons (Fsp3) is 0.448. The number of amides is 1. The van der Waals surface area contributed by atoms with E-state index < -0.39 is 41.3 Å². The van der Waals surface area contributed by atoms with Gasteiger partial charge in [-0.1, -0.05) is 23.4 Å². The first-order chi connectivity index (χ1) is 21.5. The van der Waals surface area contributed by atoms with Gasteiger partial charge >= 0.3 is 5.97 Å². The Morgan fingerprint density at radius 3 is 2.53 bits per heavy atom. The van der Waals surface area contributed by atoms with Gasteiger partial charge in [0.1, 0.15) is 50.8 Å². The smallest absolute Gasteiger partial charge is 0.335 e. The summed E-state index contributed by atoms with van der Waals surface area (Å²) in [4.78, 5) is 49.1. The lowest BCUT2D eigenvalue weighted by atomic mass is 9.71. The minimum absolute atomic E-state index is 0.00639. The van der Waals surface area contributed by atoms with Gasteiger partial charge < -0.3 is 40.1 Å². The molecule has 5 rings (SSSR count). The zero-order chi connectivity index (χ0) is 32.3. The van der Waals surface area contributed by atoms with Gasteiger partial charge in [-0.3, -0.25) is 9.59 Å². The maximum atomic E-state index is 13.6. The Balaban J connectivity index is 1.35. The number of nitrogens with two attached hydrogens (primary N) is 1. The van der Waals surface area contributed by atoms with Gasteiger partial charge in [0.05, 0.1) is 32.2 Å². The van der Waals surface area contributed by atoms with E-state index in [1.807, 2.05) is 19.2 Å². The number of nitrogens with one attached hydrogen (secondary N) is 1. The number of allylic oxidation sites excluding steroid dienone is 1. The molecule has 5 N–H and O–H groups in total. The monoisotopic (exact) mass is 659 g/mol. The summed E-state index contributed by atoms with van der Waals surface area (Å²) in [5.74, 6) is -1.43. The number of likely N-dealkylation sites (N-methyl/N-ethyl adjacent to an activating group) is 1. The quantitative estimate of drug-likeness (QED) is 0.110. The van der Waals surface area contributed by atoms with Gasteiger partial charge in [-0.25, -0.2) is 4.79 Å². The van der Waals surface area contributed by atoms with Crippen molar-refractivity contribution in [3.8, 4) is 5.75 Å². The second-order valence-electron chi connectivity index (χ2n) is 11.3. The van der Waals surface area contributed by atoms with E-state index in [2.05, 4.69) is 19.8 Å². The van der Waals surface area contributed by atoms with Crippen LogP contribution in [-0.4, -0.2) is 118 Å². The molecule has 1 saturated carbocycles. The number of ether oxygens (including phenoxy) is 2. The number of methoxy groups -OCH3 is 1. The minimum atomic E-state index is -0.891. The third-order valence-corrected chi connectivity index (χ3v) is 9.96. The maximum Gasteiger partial charge on any atom is 0.335 e. The normalized spacial score (nSPS) is 28.1. The number of thioether (sulfide) groups is 1. The van der Waals surface area contributed by atoms with Crippen molar-refractivity contribution in [3.05, 3.63) is 59.0 Å². The molecular weight excluding hydrogens is 624 g/mol. The number of aromatic nitrogens is 2. The summed E-state index contributed by atoms with van der Waals surface area (Å²) in [6.07, 6.45) is 2.11. The summed E-state index contributed by atoms with van der Waals surface area (Å²) in [5, 5.41) is 26.2. The lowest BCUT2D eigenvalue weighted by Gasteiger charge is -2.46. The summed E-state index contributed by atoms with van der Waals surface area (Å²) in [5.41, 5.74) is 7.08. The number of benzene rings is 1. The van der Waals surface area contributed by atoms with E-state index in [4.69, 9.17) is 20.0 Å². The zero-order valence-electron chi connectivity index (χ0n) is 24.9. The lowest BCUT2D eigenvalue weighted by molar-refractivity contribution is -0.894. The fourth-order valence-electron chi connectivity index (χ4n) is 5.69. The van der Waals surface area contributed by atoms with Crippen LogP contribution in [0, 0.1) is 5.92 Å². The topological polar surface area (TPSA) is 196 Å². The van der Waals surface area contributed by atoms with Crippen molar-refractivity contribution in [2.75, 3.05) is 52.4 Å². The van der Waals surface area contributed by atoms with Crippen molar-refractivity contribution in [1.82, 2.24) is 14.7 Å². The van der Waals surface area contributed by atoms with Gasteiger partial charge in [-0.15, -0.1) is 0 Å². The van der Waals surface area contributed by atoms with E-state index in [-0.39, 0.29) is 34.6 Å². The average Bonchev–Trinajstić information content (AvgIpc) is 3.57. The number of ketones is 1. The molecule has 3 heterocycles. The Morgan fingerprint density at radius 1 is 1.20 bits per heavy atom. The predicted octanol–water partition coefficient (Wildman–Crippen LogP) is 0.0567. The molecule has 240 valence electrons. The molecule has 0 bridgehead atoms. The molecule has 16 heteroatoms. The van der Waals surface area contributed by atoms with Crippen molar-refractivity contribution in [2.24, 2.45) is 11.1 Å². The van der Waals surface area contributed by atoms with Gasteiger partial charge in [0.2, 0.25) is 11.5 Å². The predicted molar refractivity (Wildman–Crippen MR) is 166 cm³/mol. The van der Waals surface area contributed by atoms with Gasteiger partial charge in [0.25, 0.3) is 5.91 Å². The van der Waals surface area contributed by atoms with Crippen molar-refractivity contribution in [2.45, 2.75) is 30.1 Å². The first kappa shape index (κ1) is 32.6. The highest BCUT2D eigenvalue weighted by atomic mass is 32.2. The number of anilines is 1. The Hall–Kier alpha value is -3.83. The molecule has 1 aliphatic carbocycles. The summed E-state index contributed by atoms with van der Waals surface area (Å²) < 4.78 is 15.3. The Morgan fingerprint density at radius 2 is 1.91 bits per heavy atom. The summed E-state index contributed by atoms with van der Waals surface area (Å²) in [6, 6.07) is 6.21. The van der Waals surface area contributed by atoms with Crippen LogP contribution in [0.5, 0.6) is 5.75 Å². The number of hydrogen-bond donors (Lipinski definition) is 4. The average molecular weight is 660 g/mol. The highest BCUT2D eigenvalue weighted by Gasteiger charge is 2.56. The molecular formula is C29H35N6O8S2+. The Bertz CT molecular complexity index is 1530. The first-order valence-electron chi connectivity index (χ1n) is 14.1. The van der Waals surface area contributed by atoms with Crippen LogP contribution < -0.4 is 15.8 Å². The number of nitrogen functional groups attached to an aromatic ring is 1. The number of aliphatic hydroxyl groups is 2. The molecule has 3 aliphatic rings. The second kappa shape index (κ2) is 13.7. The van der Waals surface area contributed by atoms with E-state index in [0.717, 1.165) is 17.1 Å². The van der Waals surface area contributed by atoms with Gasteiger partial charge in [-0.2, -0.15) is 21.1 Å². The van der Waals surface area contributed by atoms with Crippen molar-refractivity contribution in [3.63, 3.8) is 0 Å². The second-order valence-corrected chi connectivity index (χ2v) is 13.2. The highest BCUT2D eigenvalue weighted by molar-refractivity contribution is 8.00. The fourth-order valence-corrected chi connectivity index (χ4v) is 7.60. The number of likely N-dealkylation sites (tertiary alicyclic amines) is 1. The largest absolute Gasteiger partial charge is 0.497 e. The molecule has 2 aromatic rings. The van der Waals surface area contributed by atoms with Crippen LogP contribution in [0.1, 0.15) is 11.4 Å². The summed E-state index contributed by atoms with van der Waals surface area (Å²) >= 11 is 2.34. The zero-order valence-corrected chi connectivity index (χ0v) is 26.5. The van der Waals surface area contributed by atoms with Crippen LogP contribution in [0.3, 0.4) is 0 Å². The number of fused-ring (bicyclic) bond motifs is 1. The SMILES string of the molecule is CO/N=C(\C(=O)N[C@@H]1C(=O)C2C(C(=O)OCc3ccc(OC)cc3)=C(/C=C/C[N+]3(C)C[C@@H](O)[C@@H](O)C3)CS[C@@H]21)c1nsc(N)n1. The molecule has 2 aliphatic heterocycles. The van der Waals surface area contributed by atoms with E-state index in [9.17, 15) is 24.6 Å². The number of Topliss-reactive ketones (excluding diaryl/α,β-unsaturated/α-hetero) is 1.